The maximum Gasteiger partial charge on any atom is 0.326 e. The van der Waals surface area contributed by atoms with E-state index in [1.165, 1.54) is 12.1 Å². The van der Waals surface area contributed by atoms with Crippen LogP contribution in [0.4, 0.5) is 10.3 Å². The van der Waals surface area contributed by atoms with Gasteiger partial charge in [0.15, 0.2) is 0 Å². The second-order valence-electron chi connectivity index (χ2n) is 7.83. The summed E-state index contributed by atoms with van der Waals surface area (Å²) in [6.07, 6.45) is 5.04. The number of pyridine rings is 1. The number of nitrogens with zero attached hydrogens (tertiary/aromatic N) is 5. The molecule has 1 atom stereocenters. The minimum Gasteiger partial charge on any atom is -0.475 e. The molecule has 5 rings (SSSR count). The van der Waals surface area contributed by atoms with Gasteiger partial charge in [-0.3, -0.25) is 5.32 Å². The summed E-state index contributed by atoms with van der Waals surface area (Å²) in [5.74, 6) is 1.87. The monoisotopic (exact) mass is 465 g/mol. The number of fused-ring (bicyclic) bond motifs is 1. The van der Waals surface area contributed by atoms with Crippen molar-refractivity contribution in [1.29, 1.82) is 0 Å². The van der Waals surface area contributed by atoms with Crippen LogP contribution in [0.5, 0.6) is 5.88 Å². The molecule has 1 aromatic carbocycles. The molecule has 2 N–H and O–H groups in total. The van der Waals surface area contributed by atoms with Crippen molar-refractivity contribution in [3.8, 4) is 28.5 Å². The molecule has 0 saturated heterocycles. The van der Waals surface area contributed by atoms with Gasteiger partial charge in [-0.15, -0.1) is 0 Å². The minimum atomic E-state index is -0.282. The average Bonchev–Trinajstić information content (AvgIpc) is 3.39. The minimum absolute atomic E-state index is 0.0581. The van der Waals surface area contributed by atoms with Gasteiger partial charge in [-0.2, -0.15) is 9.97 Å². The van der Waals surface area contributed by atoms with Crippen molar-refractivity contribution in [2.24, 2.45) is 0 Å². The molecule has 1 aliphatic rings. The van der Waals surface area contributed by atoms with Gasteiger partial charge in [0, 0.05) is 30.4 Å². The Morgan fingerprint density at radius 1 is 1.12 bits per heavy atom. The van der Waals surface area contributed by atoms with Gasteiger partial charge >= 0.3 is 5.95 Å². The van der Waals surface area contributed by atoms with Gasteiger partial charge < -0.3 is 9.30 Å². The number of hydrogen-bond donors (Lipinski definition) is 1. The molecule has 4 aromatic rings. The standard InChI is InChI=1S/C24H22ClFN6O/c1-2-27-24-28-12-11-19(30-24)23-22(15-3-6-17(26)7-4-15)31-20-9-8-18(32(20)23)14-33-21-10-5-16(25)13-29-21/h3-7,10-13,18H,2,8-9,14H2,1H3,(H,27,28,30)/p+1. The topological polar surface area (TPSA) is 82.3 Å². The number of aromatic nitrogens is 5. The van der Waals surface area contributed by atoms with E-state index < -0.39 is 0 Å². The number of aryl methyl sites for hydroxylation is 1. The predicted octanol–water partition coefficient (Wildman–Crippen LogP) is 3.98. The van der Waals surface area contributed by atoms with Crippen LogP contribution in [-0.4, -0.2) is 37.7 Å². The molecule has 0 spiro atoms. The quantitative estimate of drug-likeness (QED) is 0.446. The summed E-state index contributed by atoms with van der Waals surface area (Å²) in [6.45, 7) is 3.32. The molecule has 0 saturated carbocycles. The fourth-order valence-corrected chi connectivity index (χ4v) is 4.21. The smallest absolute Gasteiger partial charge is 0.326 e. The van der Waals surface area contributed by atoms with E-state index in [-0.39, 0.29) is 11.9 Å². The van der Waals surface area contributed by atoms with E-state index in [1.54, 1.807) is 36.7 Å². The SMILES string of the molecule is CC[NH2+]c1nccc(-c2c(-c3ccc(F)cc3)nc3n2C(COc2ccc(Cl)cn2)CC3)n1. The Morgan fingerprint density at radius 2 is 1.97 bits per heavy atom. The van der Waals surface area contributed by atoms with Crippen molar-refractivity contribution in [1.82, 2.24) is 24.5 Å². The molecule has 7 nitrogen and oxygen atoms in total. The van der Waals surface area contributed by atoms with Crippen LogP contribution in [0.15, 0.2) is 54.9 Å². The predicted molar refractivity (Wildman–Crippen MR) is 123 cm³/mol. The lowest BCUT2D eigenvalue weighted by molar-refractivity contribution is -0.575. The maximum atomic E-state index is 13.6. The Hall–Kier alpha value is -3.36. The Bertz CT molecular complexity index is 1260. The largest absolute Gasteiger partial charge is 0.475 e. The van der Waals surface area contributed by atoms with Crippen LogP contribution >= 0.6 is 11.6 Å². The number of ether oxygens (including phenoxy) is 1. The zero-order valence-electron chi connectivity index (χ0n) is 18.1. The second kappa shape index (κ2) is 9.25. The summed E-state index contributed by atoms with van der Waals surface area (Å²) in [5.41, 5.74) is 3.28. The fraction of sp³-hybridized carbons (Fsp3) is 0.250. The summed E-state index contributed by atoms with van der Waals surface area (Å²) >= 11 is 5.93. The first-order valence-electron chi connectivity index (χ1n) is 10.9. The van der Waals surface area contributed by atoms with Crippen LogP contribution in [0.25, 0.3) is 22.6 Å². The van der Waals surface area contributed by atoms with Gasteiger partial charge in [0.25, 0.3) is 0 Å². The van der Waals surface area contributed by atoms with Gasteiger partial charge in [-0.1, -0.05) is 11.6 Å². The van der Waals surface area contributed by atoms with E-state index in [2.05, 4.69) is 21.5 Å². The molecule has 0 aliphatic carbocycles. The molecule has 4 heterocycles. The van der Waals surface area contributed by atoms with Crippen LogP contribution in [-0.2, 0) is 6.42 Å². The molecule has 3 aromatic heterocycles. The molecule has 168 valence electrons. The van der Waals surface area contributed by atoms with E-state index >= 15 is 0 Å². The van der Waals surface area contributed by atoms with Crippen molar-refractivity contribution in [3.63, 3.8) is 0 Å². The van der Waals surface area contributed by atoms with Crippen LogP contribution in [0.1, 0.15) is 25.2 Å². The second-order valence-corrected chi connectivity index (χ2v) is 8.27. The van der Waals surface area contributed by atoms with E-state index in [0.717, 1.165) is 47.9 Å². The number of nitrogens with two attached hydrogens (primary N) is 1. The molecule has 33 heavy (non-hydrogen) atoms. The first kappa shape index (κ1) is 21.5. The number of quaternary nitrogens is 1. The third kappa shape index (κ3) is 4.44. The molecule has 1 aliphatic heterocycles. The molecule has 0 amide bonds. The van der Waals surface area contributed by atoms with Gasteiger partial charge in [0.05, 0.1) is 34.7 Å². The molecule has 0 bridgehead atoms. The highest BCUT2D eigenvalue weighted by Gasteiger charge is 2.31. The lowest BCUT2D eigenvalue weighted by Crippen LogP contribution is -2.78. The molecule has 0 radical (unpaired) electrons. The van der Waals surface area contributed by atoms with Crippen molar-refractivity contribution < 1.29 is 14.4 Å². The number of hydrogen-bond acceptors (Lipinski definition) is 5. The van der Waals surface area contributed by atoms with E-state index in [0.29, 0.717) is 23.5 Å². The maximum absolute atomic E-state index is 13.6. The first-order chi connectivity index (χ1) is 16.1. The molecular weight excluding hydrogens is 443 g/mol. The highest BCUT2D eigenvalue weighted by atomic mass is 35.5. The van der Waals surface area contributed by atoms with Gasteiger partial charge in [-0.25, -0.2) is 14.4 Å². The lowest BCUT2D eigenvalue weighted by Gasteiger charge is -2.17. The summed E-state index contributed by atoms with van der Waals surface area (Å²) in [4.78, 5) is 18.3. The Labute approximate surface area is 195 Å². The van der Waals surface area contributed by atoms with Crippen LogP contribution in [0.3, 0.4) is 0 Å². The molecule has 0 fully saturated rings. The third-order valence-corrected chi connectivity index (χ3v) is 5.82. The summed E-state index contributed by atoms with van der Waals surface area (Å²) < 4.78 is 21.8. The Balaban J connectivity index is 1.55. The number of halogens is 2. The van der Waals surface area contributed by atoms with Crippen molar-refractivity contribution >= 4 is 17.5 Å². The lowest BCUT2D eigenvalue weighted by atomic mass is 10.1. The molecular formula is C24H23ClFN6O+. The highest BCUT2D eigenvalue weighted by Crippen LogP contribution is 2.39. The number of benzene rings is 1. The molecule has 1 unspecified atom stereocenters. The van der Waals surface area contributed by atoms with E-state index in [9.17, 15) is 4.39 Å². The normalized spacial score (nSPS) is 14.9. The van der Waals surface area contributed by atoms with Crippen LogP contribution < -0.4 is 10.1 Å². The fourth-order valence-electron chi connectivity index (χ4n) is 4.10. The van der Waals surface area contributed by atoms with Gasteiger partial charge in [0.1, 0.15) is 18.2 Å². The number of rotatable bonds is 7. The number of imidazole rings is 1. The van der Waals surface area contributed by atoms with E-state index in [4.69, 9.17) is 26.3 Å². The van der Waals surface area contributed by atoms with Crippen molar-refractivity contribution in [3.05, 3.63) is 71.5 Å². The van der Waals surface area contributed by atoms with Gasteiger partial charge in [-0.05, 0) is 49.7 Å². The van der Waals surface area contributed by atoms with Gasteiger partial charge in [0.2, 0.25) is 5.88 Å². The first-order valence-corrected chi connectivity index (χ1v) is 11.3. The van der Waals surface area contributed by atoms with Crippen LogP contribution in [0.2, 0.25) is 5.02 Å². The zero-order chi connectivity index (χ0) is 22.8. The molecule has 9 heteroatoms. The zero-order valence-corrected chi connectivity index (χ0v) is 18.8. The summed E-state index contributed by atoms with van der Waals surface area (Å²) in [6, 6.07) is 11.9. The Kier molecular flexibility index (Phi) is 6.02. The third-order valence-electron chi connectivity index (χ3n) is 5.60. The highest BCUT2D eigenvalue weighted by molar-refractivity contribution is 6.30. The summed E-state index contributed by atoms with van der Waals surface area (Å²) in [5, 5.41) is 2.55. The van der Waals surface area contributed by atoms with Crippen LogP contribution in [0, 0.1) is 5.82 Å². The van der Waals surface area contributed by atoms with Crippen molar-refractivity contribution in [2.75, 3.05) is 13.2 Å². The van der Waals surface area contributed by atoms with E-state index in [1.807, 2.05) is 11.4 Å². The summed E-state index contributed by atoms with van der Waals surface area (Å²) in [7, 11) is 0. The average molecular weight is 466 g/mol. The van der Waals surface area contributed by atoms with Crippen molar-refractivity contribution in [2.45, 2.75) is 25.8 Å². The Morgan fingerprint density at radius 3 is 2.73 bits per heavy atom.